The van der Waals surface area contributed by atoms with Crippen LogP contribution in [0.2, 0.25) is 0 Å². The summed E-state index contributed by atoms with van der Waals surface area (Å²) in [7, 11) is 1.73. The first-order valence-electron chi connectivity index (χ1n) is 7.63. The van der Waals surface area contributed by atoms with Gasteiger partial charge in [0.15, 0.2) is 0 Å². The Bertz CT molecular complexity index is 652. The first-order valence-corrected chi connectivity index (χ1v) is 7.63. The summed E-state index contributed by atoms with van der Waals surface area (Å²) in [5, 5.41) is 11.6. The van der Waals surface area contributed by atoms with Gasteiger partial charge in [0.2, 0.25) is 5.91 Å². The third-order valence-electron chi connectivity index (χ3n) is 4.10. The second-order valence-electron chi connectivity index (χ2n) is 6.53. The monoisotopic (exact) mass is 318 g/mol. The van der Waals surface area contributed by atoms with E-state index in [0.29, 0.717) is 24.8 Å². The molecule has 1 aromatic carbocycles. The minimum Gasteiger partial charge on any atom is -0.481 e. The molecule has 1 aliphatic heterocycles. The van der Waals surface area contributed by atoms with E-state index in [1.165, 1.54) is 0 Å². The van der Waals surface area contributed by atoms with Crippen molar-refractivity contribution in [2.45, 2.75) is 45.1 Å². The number of benzene rings is 1. The highest BCUT2D eigenvalue weighted by atomic mass is 16.4. The van der Waals surface area contributed by atoms with Crippen LogP contribution in [0.15, 0.2) is 18.2 Å². The third-order valence-corrected chi connectivity index (χ3v) is 4.10. The smallest absolute Gasteiger partial charge is 0.303 e. The molecule has 0 aromatic heterocycles. The highest BCUT2D eigenvalue weighted by Crippen LogP contribution is 2.27. The second kappa shape index (κ2) is 6.40. The highest BCUT2D eigenvalue weighted by Gasteiger charge is 2.25. The Morgan fingerprint density at radius 3 is 2.65 bits per heavy atom. The zero-order valence-corrected chi connectivity index (χ0v) is 13.7. The molecule has 0 saturated carbocycles. The summed E-state index contributed by atoms with van der Waals surface area (Å²) in [5.74, 6) is -1.04. The number of rotatable bonds is 5. The van der Waals surface area contributed by atoms with Gasteiger partial charge in [-0.3, -0.25) is 14.4 Å². The average Bonchev–Trinajstić information content (AvgIpc) is 2.48. The number of aliphatic carboxylic acids is 1. The van der Waals surface area contributed by atoms with Gasteiger partial charge in [-0.2, -0.15) is 0 Å². The minimum atomic E-state index is -0.881. The number of hydrogen-bond acceptors (Lipinski definition) is 3. The number of amides is 2. The molecule has 6 nitrogen and oxygen atoms in total. The van der Waals surface area contributed by atoms with E-state index in [4.69, 9.17) is 5.11 Å². The number of hydrogen-bond donors (Lipinski definition) is 2. The maximum absolute atomic E-state index is 12.4. The zero-order chi connectivity index (χ0) is 17.2. The predicted octanol–water partition coefficient (Wildman–Crippen LogP) is 1.97. The minimum absolute atomic E-state index is 0.00434. The van der Waals surface area contributed by atoms with Crippen molar-refractivity contribution in [2.75, 3.05) is 11.9 Å². The fourth-order valence-electron chi connectivity index (χ4n) is 2.66. The first-order chi connectivity index (χ1) is 10.7. The number of aryl methyl sites for hydroxylation is 1. The summed E-state index contributed by atoms with van der Waals surface area (Å²) in [6.07, 6.45) is 1.43. The number of anilines is 1. The van der Waals surface area contributed by atoms with Crippen LogP contribution in [0.1, 0.15) is 49.0 Å². The van der Waals surface area contributed by atoms with Crippen molar-refractivity contribution in [1.29, 1.82) is 0 Å². The topological polar surface area (TPSA) is 86.7 Å². The van der Waals surface area contributed by atoms with Crippen molar-refractivity contribution in [2.24, 2.45) is 0 Å². The molecule has 0 radical (unpaired) electrons. The van der Waals surface area contributed by atoms with Crippen LogP contribution in [-0.2, 0) is 16.0 Å². The fourth-order valence-corrected chi connectivity index (χ4v) is 2.66. The van der Waals surface area contributed by atoms with Crippen LogP contribution in [0.3, 0.4) is 0 Å². The van der Waals surface area contributed by atoms with Crippen molar-refractivity contribution in [1.82, 2.24) is 5.32 Å². The SMILES string of the molecule is CN1C(=O)CCc2cc(C(=O)NC(C)(C)CCC(=O)O)ccc21. The highest BCUT2D eigenvalue weighted by molar-refractivity contribution is 5.99. The maximum atomic E-state index is 12.4. The number of fused-ring (bicyclic) bond motifs is 1. The quantitative estimate of drug-likeness (QED) is 0.869. The Morgan fingerprint density at radius 2 is 2.00 bits per heavy atom. The lowest BCUT2D eigenvalue weighted by Gasteiger charge is -2.28. The van der Waals surface area contributed by atoms with Crippen LogP contribution in [-0.4, -0.2) is 35.5 Å². The molecular formula is C17H22N2O4. The van der Waals surface area contributed by atoms with E-state index < -0.39 is 11.5 Å². The van der Waals surface area contributed by atoms with Crippen molar-refractivity contribution >= 4 is 23.5 Å². The zero-order valence-electron chi connectivity index (χ0n) is 13.7. The normalized spacial score (nSPS) is 14.4. The van der Waals surface area contributed by atoms with E-state index >= 15 is 0 Å². The number of carboxylic acid groups (broad SMARTS) is 1. The lowest BCUT2D eigenvalue weighted by molar-refractivity contribution is -0.137. The maximum Gasteiger partial charge on any atom is 0.303 e. The fraction of sp³-hybridized carbons (Fsp3) is 0.471. The molecule has 0 aliphatic carbocycles. The van der Waals surface area contributed by atoms with Crippen LogP contribution < -0.4 is 10.2 Å². The van der Waals surface area contributed by atoms with E-state index in [-0.39, 0.29) is 18.2 Å². The Balaban J connectivity index is 2.12. The second-order valence-corrected chi connectivity index (χ2v) is 6.53. The van der Waals surface area contributed by atoms with E-state index in [1.54, 1.807) is 44.0 Å². The number of nitrogens with one attached hydrogen (secondary N) is 1. The van der Waals surface area contributed by atoms with Gasteiger partial charge < -0.3 is 15.3 Å². The molecule has 2 rings (SSSR count). The molecule has 0 atom stereocenters. The molecule has 0 saturated heterocycles. The van der Waals surface area contributed by atoms with Crippen LogP contribution in [0, 0.1) is 0 Å². The summed E-state index contributed by atoms with van der Waals surface area (Å²) >= 11 is 0. The number of nitrogens with zero attached hydrogens (tertiary/aromatic N) is 1. The molecule has 0 unspecified atom stereocenters. The van der Waals surface area contributed by atoms with Crippen LogP contribution >= 0.6 is 0 Å². The van der Waals surface area contributed by atoms with Crippen molar-refractivity contribution in [3.8, 4) is 0 Å². The van der Waals surface area contributed by atoms with E-state index in [9.17, 15) is 14.4 Å². The molecule has 124 valence electrons. The first kappa shape index (κ1) is 17.0. The number of carboxylic acids is 1. The summed E-state index contributed by atoms with van der Waals surface area (Å²) in [4.78, 5) is 36.4. The van der Waals surface area contributed by atoms with E-state index in [2.05, 4.69) is 5.32 Å². The van der Waals surface area contributed by atoms with E-state index in [1.807, 2.05) is 0 Å². The van der Waals surface area contributed by atoms with Crippen molar-refractivity contribution < 1.29 is 19.5 Å². The molecule has 2 amide bonds. The lowest BCUT2D eigenvalue weighted by Crippen LogP contribution is -2.43. The Labute approximate surface area is 135 Å². The van der Waals surface area contributed by atoms with Gasteiger partial charge in [0.1, 0.15) is 0 Å². The van der Waals surface area contributed by atoms with Gasteiger partial charge in [-0.1, -0.05) is 0 Å². The Hall–Kier alpha value is -2.37. The van der Waals surface area contributed by atoms with Crippen molar-refractivity contribution in [3.63, 3.8) is 0 Å². The van der Waals surface area contributed by atoms with Crippen LogP contribution in [0.5, 0.6) is 0 Å². The van der Waals surface area contributed by atoms with Gasteiger partial charge in [-0.15, -0.1) is 0 Å². The molecule has 0 spiro atoms. The van der Waals surface area contributed by atoms with Gasteiger partial charge >= 0.3 is 5.97 Å². The van der Waals surface area contributed by atoms with Gasteiger partial charge in [0.25, 0.3) is 5.91 Å². The molecule has 2 N–H and O–H groups in total. The standard InChI is InChI=1S/C17H22N2O4/c1-17(2,9-8-15(21)22)18-16(23)12-4-6-13-11(10-12)5-7-14(20)19(13)3/h4,6,10H,5,7-9H2,1-3H3,(H,18,23)(H,21,22). The largest absolute Gasteiger partial charge is 0.481 e. The predicted molar refractivity (Wildman–Crippen MR) is 86.6 cm³/mol. The lowest BCUT2D eigenvalue weighted by atomic mass is 9.96. The van der Waals surface area contributed by atoms with Gasteiger partial charge in [-0.05, 0) is 50.5 Å². The molecule has 1 aliphatic rings. The molecule has 6 heteroatoms. The molecule has 1 aromatic rings. The third kappa shape index (κ3) is 4.09. The summed E-state index contributed by atoms with van der Waals surface area (Å²) < 4.78 is 0. The van der Waals surface area contributed by atoms with Gasteiger partial charge in [-0.25, -0.2) is 0 Å². The number of carbonyl (C=O) groups is 3. The van der Waals surface area contributed by atoms with E-state index in [0.717, 1.165) is 11.3 Å². The van der Waals surface area contributed by atoms with Crippen LogP contribution in [0.4, 0.5) is 5.69 Å². The Morgan fingerprint density at radius 1 is 1.30 bits per heavy atom. The van der Waals surface area contributed by atoms with Gasteiger partial charge in [0, 0.05) is 36.7 Å². The number of carbonyl (C=O) groups excluding carboxylic acids is 2. The molecule has 1 heterocycles. The summed E-state index contributed by atoms with van der Waals surface area (Å²) in [6, 6.07) is 5.28. The molecular weight excluding hydrogens is 296 g/mol. The summed E-state index contributed by atoms with van der Waals surface area (Å²) in [6.45, 7) is 3.61. The molecule has 23 heavy (non-hydrogen) atoms. The van der Waals surface area contributed by atoms with Gasteiger partial charge in [0.05, 0.1) is 0 Å². The molecule has 0 fully saturated rings. The summed E-state index contributed by atoms with van der Waals surface area (Å²) in [5.41, 5.74) is 1.74. The Kier molecular flexibility index (Phi) is 4.73. The molecule has 0 bridgehead atoms. The van der Waals surface area contributed by atoms with Crippen molar-refractivity contribution in [3.05, 3.63) is 29.3 Å². The van der Waals surface area contributed by atoms with Crippen LogP contribution in [0.25, 0.3) is 0 Å². The average molecular weight is 318 g/mol.